The average Bonchev–Trinajstić information content (AvgIpc) is 2.99. The number of nitrogens with one attached hydrogen (secondary N) is 1. The van der Waals surface area contributed by atoms with Gasteiger partial charge in [-0.3, -0.25) is 4.98 Å². The summed E-state index contributed by atoms with van der Waals surface area (Å²) in [6.45, 7) is 0. The molecule has 2 bridgehead atoms. The van der Waals surface area contributed by atoms with E-state index in [0.717, 1.165) is 22.2 Å². The Labute approximate surface area is 118 Å². The van der Waals surface area contributed by atoms with Gasteiger partial charge in [0.15, 0.2) is 0 Å². The van der Waals surface area contributed by atoms with Crippen LogP contribution in [-0.4, -0.2) is 12.0 Å². The van der Waals surface area contributed by atoms with Crippen molar-refractivity contribution in [2.45, 2.75) is 38.1 Å². The molecule has 0 amide bonds. The number of rotatable bonds is 4. The lowest BCUT2D eigenvalue weighted by atomic mass is 9.83. The molecule has 0 saturated heterocycles. The van der Waals surface area contributed by atoms with Crippen LogP contribution in [0.15, 0.2) is 22.8 Å². The van der Waals surface area contributed by atoms with E-state index in [0.29, 0.717) is 6.04 Å². The van der Waals surface area contributed by atoms with Crippen molar-refractivity contribution in [2.24, 2.45) is 17.8 Å². The van der Waals surface area contributed by atoms with Gasteiger partial charge in [0.2, 0.25) is 0 Å². The maximum Gasteiger partial charge on any atom is 0.0574 e. The Hall–Kier alpha value is -0.410. The van der Waals surface area contributed by atoms with Gasteiger partial charge in [-0.2, -0.15) is 0 Å². The lowest BCUT2D eigenvalue weighted by Gasteiger charge is -2.26. The van der Waals surface area contributed by atoms with E-state index in [4.69, 9.17) is 0 Å². The number of nitrogens with zero attached hydrogens (tertiary/aromatic N) is 1. The van der Waals surface area contributed by atoms with Gasteiger partial charge in [-0.1, -0.05) is 6.42 Å². The topological polar surface area (TPSA) is 24.9 Å². The van der Waals surface area contributed by atoms with Gasteiger partial charge in [-0.15, -0.1) is 0 Å². The summed E-state index contributed by atoms with van der Waals surface area (Å²) in [6.07, 6.45) is 9.07. The molecule has 2 aliphatic carbocycles. The van der Waals surface area contributed by atoms with E-state index in [1.165, 1.54) is 37.8 Å². The molecule has 2 nitrogen and oxygen atoms in total. The quantitative estimate of drug-likeness (QED) is 0.911. The molecule has 2 saturated carbocycles. The molecule has 4 atom stereocenters. The van der Waals surface area contributed by atoms with Crippen LogP contribution in [0.3, 0.4) is 0 Å². The molecule has 0 aliphatic heterocycles. The van der Waals surface area contributed by atoms with Gasteiger partial charge in [0.05, 0.1) is 5.69 Å². The molecular formula is C15H21BrN2. The van der Waals surface area contributed by atoms with Crippen LogP contribution < -0.4 is 5.32 Å². The van der Waals surface area contributed by atoms with Crippen LogP contribution in [0.5, 0.6) is 0 Å². The van der Waals surface area contributed by atoms with Crippen LogP contribution in [0.1, 0.15) is 43.8 Å². The highest BCUT2D eigenvalue weighted by atomic mass is 79.9. The molecule has 0 radical (unpaired) electrons. The van der Waals surface area contributed by atoms with Crippen molar-refractivity contribution in [3.05, 3.63) is 28.5 Å². The van der Waals surface area contributed by atoms with Crippen molar-refractivity contribution in [3.63, 3.8) is 0 Å². The van der Waals surface area contributed by atoms with Gasteiger partial charge in [-0.05, 0) is 78.5 Å². The molecule has 1 heterocycles. The summed E-state index contributed by atoms with van der Waals surface area (Å²) in [5.41, 5.74) is 1.18. The van der Waals surface area contributed by atoms with Gasteiger partial charge >= 0.3 is 0 Å². The fourth-order valence-corrected chi connectivity index (χ4v) is 4.18. The zero-order chi connectivity index (χ0) is 12.5. The van der Waals surface area contributed by atoms with Gasteiger partial charge in [0.1, 0.15) is 0 Å². The third kappa shape index (κ3) is 2.48. The summed E-state index contributed by atoms with van der Waals surface area (Å²) < 4.78 is 1.06. The first kappa shape index (κ1) is 12.6. The first-order valence-corrected chi connectivity index (χ1v) is 7.84. The Balaban J connectivity index is 1.67. The SMILES string of the molecule is CNC(CC1CC2CCC1C2)c1ccc(Br)cn1. The van der Waals surface area contributed by atoms with Crippen molar-refractivity contribution in [1.29, 1.82) is 0 Å². The van der Waals surface area contributed by atoms with Gasteiger partial charge in [0, 0.05) is 16.7 Å². The molecular weight excluding hydrogens is 288 g/mol. The smallest absolute Gasteiger partial charge is 0.0574 e. The molecule has 3 heteroatoms. The number of fused-ring (bicyclic) bond motifs is 2. The highest BCUT2D eigenvalue weighted by molar-refractivity contribution is 9.10. The standard InChI is InChI=1S/C15H21BrN2/c1-17-15(14-5-4-13(16)9-18-14)8-12-7-10-2-3-11(12)6-10/h4-5,9-12,15,17H,2-3,6-8H2,1H3. The Bertz CT molecular complexity index is 403. The first-order chi connectivity index (χ1) is 8.76. The zero-order valence-corrected chi connectivity index (χ0v) is 12.5. The molecule has 18 heavy (non-hydrogen) atoms. The molecule has 1 aromatic heterocycles. The fourth-order valence-electron chi connectivity index (χ4n) is 3.95. The van der Waals surface area contributed by atoms with Crippen LogP contribution in [0.2, 0.25) is 0 Å². The van der Waals surface area contributed by atoms with E-state index in [-0.39, 0.29) is 0 Å². The van der Waals surface area contributed by atoms with Crippen LogP contribution >= 0.6 is 15.9 Å². The molecule has 4 unspecified atom stereocenters. The second kappa shape index (κ2) is 5.30. The molecule has 1 aromatic rings. The Morgan fingerprint density at radius 2 is 2.28 bits per heavy atom. The Morgan fingerprint density at radius 3 is 2.83 bits per heavy atom. The fraction of sp³-hybridized carbons (Fsp3) is 0.667. The maximum atomic E-state index is 4.54. The number of hydrogen-bond donors (Lipinski definition) is 1. The van der Waals surface area contributed by atoms with Crippen molar-refractivity contribution in [3.8, 4) is 0 Å². The molecule has 2 aliphatic rings. The monoisotopic (exact) mass is 308 g/mol. The van der Waals surface area contributed by atoms with Gasteiger partial charge in [0.25, 0.3) is 0 Å². The van der Waals surface area contributed by atoms with Crippen LogP contribution in [-0.2, 0) is 0 Å². The second-order valence-corrected chi connectivity index (χ2v) is 6.83. The minimum atomic E-state index is 0.419. The number of hydrogen-bond acceptors (Lipinski definition) is 2. The Morgan fingerprint density at radius 1 is 1.39 bits per heavy atom. The van der Waals surface area contributed by atoms with E-state index in [9.17, 15) is 0 Å². The number of pyridine rings is 1. The number of aromatic nitrogens is 1. The highest BCUT2D eigenvalue weighted by Gasteiger charge is 2.40. The van der Waals surface area contributed by atoms with Crippen LogP contribution in [0, 0.1) is 17.8 Å². The molecule has 98 valence electrons. The summed E-state index contributed by atoms with van der Waals surface area (Å²) in [7, 11) is 2.06. The maximum absolute atomic E-state index is 4.54. The second-order valence-electron chi connectivity index (χ2n) is 5.91. The predicted molar refractivity (Wildman–Crippen MR) is 77.3 cm³/mol. The van der Waals surface area contributed by atoms with Crippen molar-refractivity contribution in [2.75, 3.05) is 7.05 Å². The molecule has 3 rings (SSSR count). The zero-order valence-electron chi connectivity index (χ0n) is 10.9. The van der Waals surface area contributed by atoms with Crippen molar-refractivity contribution >= 4 is 15.9 Å². The van der Waals surface area contributed by atoms with Gasteiger partial charge in [-0.25, -0.2) is 0 Å². The third-order valence-corrected chi connectivity index (χ3v) is 5.35. The summed E-state index contributed by atoms with van der Waals surface area (Å²) in [5.74, 6) is 2.96. The van der Waals surface area contributed by atoms with Gasteiger partial charge < -0.3 is 5.32 Å². The van der Waals surface area contributed by atoms with E-state index in [1.54, 1.807) is 0 Å². The summed E-state index contributed by atoms with van der Waals surface area (Å²) in [4.78, 5) is 4.54. The minimum absolute atomic E-state index is 0.419. The normalized spacial score (nSPS) is 31.8. The van der Waals surface area contributed by atoms with E-state index < -0.39 is 0 Å². The van der Waals surface area contributed by atoms with E-state index in [1.807, 2.05) is 6.20 Å². The molecule has 0 spiro atoms. The summed E-state index contributed by atoms with van der Waals surface area (Å²) in [6, 6.07) is 4.65. The lowest BCUT2D eigenvalue weighted by Crippen LogP contribution is -2.23. The summed E-state index contributed by atoms with van der Waals surface area (Å²) in [5, 5.41) is 3.45. The third-order valence-electron chi connectivity index (χ3n) is 4.88. The minimum Gasteiger partial charge on any atom is -0.312 e. The van der Waals surface area contributed by atoms with Crippen LogP contribution in [0.4, 0.5) is 0 Å². The molecule has 2 fully saturated rings. The highest BCUT2D eigenvalue weighted by Crippen LogP contribution is 2.50. The number of halogens is 1. The van der Waals surface area contributed by atoms with Crippen molar-refractivity contribution in [1.82, 2.24) is 10.3 Å². The first-order valence-electron chi connectivity index (χ1n) is 7.05. The lowest BCUT2D eigenvalue weighted by molar-refractivity contribution is 0.282. The summed E-state index contributed by atoms with van der Waals surface area (Å²) >= 11 is 3.45. The van der Waals surface area contributed by atoms with E-state index in [2.05, 4.69) is 45.4 Å². The Kier molecular flexibility index (Phi) is 3.71. The van der Waals surface area contributed by atoms with E-state index >= 15 is 0 Å². The average molecular weight is 309 g/mol. The largest absolute Gasteiger partial charge is 0.312 e. The van der Waals surface area contributed by atoms with Crippen LogP contribution in [0.25, 0.3) is 0 Å². The molecule has 0 aromatic carbocycles. The molecule has 1 N–H and O–H groups in total. The van der Waals surface area contributed by atoms with Crippen molar-refractivity contribution < 1.29 is 0 Å². The predicted octanol–water partition coefficient (Wildman–Crippen LogP) is 3.93.